The zero-order valence-electron chi connectivity index (χ0n) is 16.4. The Bertz CT molecular complexity index is 989. The van der Waals surface area contributed by atoms with Gasteiger partial charge in [-0.2, -0.15) is 0 Å². The highest BCUT2D eigenvalue weighted by atomic mass is 32.2. The van der Waals surface area contributed by atoms with Crippen molar-refractivity contribution in [2.75, 3.05) is 25.3 Å². The molecule has 1 aromatic heterocycles. The molecule has 3 rings (SSSR count). The van der Waals surface area contributed by atoms with Crippen LogP contribution in [0.25, 0.3) is 11.4 Å². The number of nitrogens with zero attached hydrogens (tertiary/aromatic N) is 3. The second-order valence-corrected chi connectivity index (χ2v) is 6.94. The van der Waals surface area contributed by atoms with Crippen molar-refractivity contribution in [2.45, 2.75) is 18.6 Å². The van der Waals surface area contributed by atoms with Gasteiger partial charge < -0.3 is 24.5 Å². The largest absolute Gasteiger partial charge is 0.508 e. The molecule has 0 atom stereocenters. The maximum Gasteiger partial charge on any atom is 0.234 e. The van der Waals surface area contributed by atoms with Gasteiger partial charge in [0.1, 0.15) is 17.2 Å². The highest BCUT2D eigenvalue weighted by Gasteiger charge is 2.15. The minimum absolute atomic E-state index is 0.170. The molecule has 0 aliphatic heterocycles. The average Bonchev–Trinajstić information content (AvgIpc) is 3.16. The van der Waals surface area contributed by atoms with Crippen molar-refractivity contribution < 1.29 is 19.4 Å². The lowest BCUT2D eigenvalue weighted by molar-refractivity contribution is -0.113. The fourth-order valence-electron chi connectivity index (χ4n) is 2.72. The third kappa shape index (κ3) is 4.80. The van der Waals surface area contributed by atoms with Crippen LogP contribution >= 0.6 is 11.8 Å². The lowest BCUT2D eigenvalue weighted by Gasteiger charge is -2.11. The molecule has 0 unspecified atom stereocenters. The SMILES string of the molecule is CCn1c(SCC(=O)Nc2ccc(OC)cc2OC)nnc1-c1ccc(O)cc1. The van der Waals surface area contributed by atoms with E-state index < -0.39 is 0 Å². The standard InChI is InChI=1S/C20H22N4O4S/c1-4-24-19(13-5-7-14(25)8-6-13)22-23-20(24)29-12-18(26)21-16-10-9-15(27-2)11-17(16)28-3/h5-11,25H,4,12H2,1-3H3,(H,21,26). The molecular formula is C20H22N4O4S. The summed E-state index contributed by atoms with van der Waals surface area (Å²) < 4.78 is 12.4. The number of methoxy groups -OCH3 is 2. The number of amides is 1. The van der Waals surface area contributed by atoms with E-state index in [1.54, 1.807) is 49.6 Å². The summed E-state index contributed by atoms with van der Waals surface area (Å²) in [6.07, 6.45) is 0. The number of phenols is 1. The molecule has 29 heavy (non-hydrogen) atoms. The first-order valence-electron chi connectivity index (χ1n) is 8.93. The van der Waals surface area contributed by atoms with Crippen molar-refractivity contribution >= 4 is 23.4 Å². The Labute approximate surface area is 172 Å². The van der Waals surface area contributed by atoms with Crippen LogP contribution in [0.2, 0.25) is 0 Å². The molecule has 152 valence electrons. The van der Waals surface area contributed by atoms with Gasteiger partial charge in [-0.25, -0.2) is 0 Å². The lowest BCUT2D eigenvalue weighted by atomic mass is 10.2. The van der Waals surface area contributed by atoms with Crippen molar-refractivity contribution in [1.29, 1.82) is 0 Å². The first-order chi connectivity index (χ1) is 14.0. The van der Waals surface area contributed by atoms with E-state index in [9.17, 15) is 9.90 Å². The summed E-state index contributed by atoms with van der Waals surface area (Å²) in [5.74, 6) is 2.03. The molecule has 0 saturated heterocycles. The van der Waals surface area contributed by atoms with E-state index in [0.29, 0.717) is 34.7 Å². The van der Waals surface area contributed by atoms with Crippen LogP contribution in [-0.4, -0.2) is 45.8 Å². The molecule has 8 nitrogen and oxygen atoms in total. The van der Waals surface area contributed by atoms with Crippen LogP contribution in [0.4, 0.5) is 5.69 Å². The van der Waals surface area contributed by atoms with Gasteiger partial charge in [0.15, 0.2) is 11.0 Å². The molecule has 0 aliphatic rings. The number of hydrogen-bond donors (Lipinski definition) is 2. The summed E-state index contributed by atoms with van der Waals surface area (Å²) in [6.45, 7) is 2.64. The molecule has 1 amide bonds. The van der Waals surface area contributed by atoms with Gasteiger partial charge in [-0.05, 0) is 43.3 Å². The Hall–Kier alpha value is -3.20. The van der Waals surface area contributed by atoms with Crippen LogP contribution in [0, 0.1) is 0 Å². The third-order valence-corrected chi connectivity index (χ3v) is 5.14. The number of rotatable bonds is 8. The number of carbonyl (C=O) groups is 1. The molecule has 9 heteroatoms. The number of nitrogens with one attached hydrogen (secondary N) is 1. The zero-order valence-corrected chi connectivity index (χ0v) is 17.2. The number of anilines is 1. The van der Waals surface area contributed by atoms with Gasteiger partial charge in [-0.3, -0.25) is 4.79 Å². The molecular weight excluding hydrogens is 392 g/mol. The smallest absolute Gasteiger partial charge is 0.234 e. The summed E-state index contributed by atoms with van der Waals surface area (Å²) in [5, 5.41) is 21.4. The Kier molecular flexibility index (Phi) is 6.61. The van der Waals surface area contributed by atoms with E-state index in [4.69, 9.17) is 9.47 Å². The van der Waals surface area contributed by atoms with Crippen molar-refractivity contribution in [3.63, 3.8) is 0 Å². The van der Waals surface area contributed by atoms with Crippen molar-refractivity contribution in [2.24, 2.45) is 0 Å². The van der Waals surface area contributed by atoms with Crippen molar-refractivity contribution in [3.05, 3.63) is 42.5 Å². The van der Waals surface area contributed by atoms with Gasteiger partial charge >= 0.3 is 0 Å². The topological polar surface area (TPSA) is 98.5 Å². The number of aromatic hydroxyl groups is 1. The predicted octanol–water partition coefficient (Wildman–Crippen LogP) is 3.42. The van der Waals surface area contributed by atoms with Gasteiger partial charge in [-0.1, -0.05) is 11.8 Å². The van der Waals surface area contributed by atoms with Gasteiger partial charge in [0.2, 0.25) is 5.91 Å². The highest BCUT2D eigenvalue weighted by molar-refractivity contribution is 7.99. The van der Waals surface area contributed by atoms with Crippen LogP contribution in [0.5, 0.6) is 17.2 Å². The van der Waals surface area contributed by atoms with E-state index >= 15 is 0 Å². The van der Waals surface area contributed by atoms with Gasteiger partial charge in [0, 0.05) is 18.2 Å². The summed E-state index contributed by atoms with van der Waals surface area (Å²) in [6, 6.07) is 12.0. The van der Waals surface area contributed by atoms with Crippen LogP contribution in [0.1, 0.15) is 6.92 Å². The summed E-state index contributed by atoms with van der Waals surface area (Å²) in [5.41, 5.74) is 1.41. The van der Waals surface area contributed by atoms with Gasteiger partial charge in [0.25, 0.3) is 0 Å². The number of benzene rings is 2. The number of thioether (sulfide) groups is 1. The van der Waals surface area contributed by atoms with Crippen molar-refractivity contribution in [1.82, 2.24) is 14.8 Å². The van der Waals surface area contributed by atoms with E-state index in [0.717, 1.165) is 5.56 Å². The van der Waals surface area contributed by atoms with E-state index in [1.165, 1.54) is 18.9 Å². The molecule has 0 spiro atoms. The second-order valence-electron chi connectivity index (χ2n) is 6.00. The molecule has 0 fully saturated rings. The Morgan fingerprint density at radius 2 is 1.90 bits per heavy atom. The number of carbonyl (C=O) groups excluding carboxylic acids is 1. The maximum absolute atomic E-state index is 12.4. The predicted molar refractivity (Wildman–Crippen MR) is 112 cm³/mol. The average molecular weight is 414 g/mol. The summed E-state index contributed by atoms with van der Waals surface area (Å²) >= 11 is 1.30. The molecule has 0 saturated carbocycles. The molecule has 2 aromatic carbocycles. The van der Waals surface area contributed by atoms with Crippen molar-refractivity contribution in [3.8, 4) is 28.6 Å². The number of ether oxygens (including phenoxy) is 2. The third-order valence-electron chi connectivity index (χ3n) is 4.17. The fourth-order valence-corrected chi connectivity index (χ4v) is 3.53. The molecule has 2 N–H and O–H groups in total. The van der Waals surface area contributed by atoms with Gasteiger partial charge in [-0.15, -0.1) is 10.2 Å². The minimum Gasteiger partial charge on any atom is -0.508 e. The van der Waals surface area contributed by atoms with Crippen LogP contribution in [0.3, 0.4) is 0 Å². The number of phenolic OH excluding ortho intramolecular Hbond substituents is 1. The highest BCUT2D eigenvalue weighted by Crippen LogP contribution is 2.30. The quantitative estimate of drug-likeness (QED) is 0.545. The Morgan fingerprint density at radius 1 is 1.14 bits per heavy atom. The Morgan fingerprint density at radius 3 is 2.55 bits per heavy atom. The first kappa shape index (κ1) is 20.5. The van der Waals surface area contributed by atoms with Crippen LogP contribution in [0.15, 0.2) is 47.6 Å². The van der Waals surface area contributed by atoms with Gasteiger partial charge in [0.05, 0.1) is 25.7 Å². The normalized spacial score (nSPS) is 10.6. The first-order valence-corrected chi connectivity index (χ1v) is 9.91. The fraction of sp³-hybridized carbons (Fsp3) is 0.250. The molecule has 3 aromatic rings. The molecule has 0 aliphatic carbocycles. The van der Waals surface area contributed by atoms with E-state index in [1.807, 2.05) is 11.5 Å². The second kappa shape index (κ2) is 9.33. The van der Waals surface area contributed by atoms with Crippen LogP contribution in [-0.2, 0) is 11.3 Å². The number of hydrogen-bond acceptors (Lipinski definition) is 7. The maximum atomic E-state index is 12.4. The minimum atomic E-state index is -0.185. The summed E-state index contributed by atoms with van der Waals surface area (Å²) in [7, 11) is 3.10. The zero-order chi connectivity index (χ0) is 20.8. The van der Waals surface area contributed by atoms with Crippen LogP contribution < -0.4 is 14.8 Å². The van der Waals surface area contributed by atoms with E-state index in [2.05, 4.69) is 15.5 Å². The Balaban J connectivity index is 1.68. The molecule has 1 heterocycles. The summed E-state index contributed by atoms with van der Waals surface area (Å²) in [4.78, 5) is 12.4. The number of aromatic nitrogens is 3. The van der Waals surface area contributed by atoms with E-state index in [-0.39, 0.29) is 17.4 Å². The molecule has 0 radical (unpaired) electrons. The monoisotopic (exact) mass is 414 g/mol. The molecule has 0 bridgehead atoms. The lowest BCUT2D eigenvalue weighted by Crippen LogP contribution is -2.15.